The molecule has 10 heteroatoms. The molecular weight excluding hydrogens is 501 g/mol. The average molecular weight is 528 g/mol. The van der Waals surface area contributed by atoms with Gasteiger partial charge < -0.3 is 9.47 Å². The molecule has 4 rings (SSSR count). The lowest BCUT2D eigenvalue weighted by Crippen LogP contribution is -2.53. The summed E-state index contributed by atoms with van der Waals surface area (Å²) in [6.07, 6.45) is 0.566. The topological polar surface area (TPSA) is 88.5 Å². The van der Waals surface area contributed by atoms with Gasteiger partial charge in [0.2, 0.25) is 15.9 Å². The van der Waals surface area contributed by atoms with E-state index in [-0.39, 0.29) is 28.4 Å². The number of aromatic nitrogens is 1. The fourth-order valence-electron chi connectivity index (χ4n) is 4.75. The SMILES string of the molecule is Cc1cc(=O)n(C)c2cc(N3C(=O)CC[C@H](NS(=O)(=O)C[CH](C)[Al])[C@H]3c3ccc(Cl)cc3)ccc12. The molecule has 1 aliphatic heterocycles. The lowest BCUT2D eigenvalue weighted by molar-refractivity contribution is -0.120. The molecule has 1 unspecified atom stereocenters. The number of amides is 1. The molecule has 1 fully saturated rings. The van der Waals surface area contributed by atoms with Gasteiger partial charge >= 0.3 is 0 Å². The molecule has 1 N–H and O–H groups in total. The number of aryl methyl sites for hydroxylation is 2. The third-order valence-corrected chi connectivity index (χ3v) is 8.79. The van der Waals surface area contributed by atoms with E-state index < -0.39 is 22.1 Å². The van der Waals surface area contributed by atoms with Gasteiger partial charge in [-0.1, -0.05) is 41.5 Å². The highest BCUT2D eigenvalue weighted by Gasteiger charge is 2.39. The fraction of sp³-hybridized carbons (Fsp3) is 0.360. The second-order valence-corrected chi connectivity index (χ2v) is 12.6. The zero-order valence-electron chi connectivity index (χ0n) is 19.9. The first kappa shape index (κ1) is 25.9. The van der Waals surface area contributed by atoms with E-state index >= 15 is 0 Å². The number of rotatable bonds is 6. The minimum Gasteiger partial charge on any atom is -0.311 e. The molecule has 0 aliphatic carbocycles. The van der Waals surface area contributed by atoms with E-state index in [2.05, 4.69) is 21.0 Å². The van der Waals surface area contributed by atoms with E-state index in [1.807, 2.05) is 44.2 Å². The van der Waals surface area contributed by atoms with Crippen LogP contribution in [0.4, 0.5) is 5.69 Å². The highest BCUT2D eigenvalue weighted by atomic mass is 35.5. The second-order valence-electron chi connectivity index (χ2n) is 9.21. The maximum absolute atomic E-state index is 13.3. The van der Waals surface area contributed by atoms with Crippen molar-refractivity contribution in [2.45, 2.75) is 43.6 Å². The summed E-state index contributed by atoms with van der Waals surface area (Å²) in [5.74, 6) is -0.149. The predicted octanol–water partition coefficient (Wildman–Crippen LogP) is 3.63. The van der Waals surface area contributed by atoms with Crippen LogP contribution in [0.5, 0.6) is 0 Å². The number of benzene rings is 2. The Labute approximate surface area is 218 Å². The van der Waals surface area contributed by atoms with Crippen LogP contribution in [0.15, 0.2) is 53.3 Å². The Hall–Kier alpha value is -2.15. The van der Waals surface area contributed by atoms with Gasteiger partial charge in [0, 0.05) is 41.7 Å². The van der Waals surface area contributed by atoms with E-state index in [1.165, 1.54) is 0 Å². The monoisotopic (exact) mass is 527 g/mol. The van der Waals surface area contributed by atoms with Crippen molar-refractivity contribution in [1.82, 2.24) is 9.29 Å². The van der Waals surface area contributed by atoms with Crippen LogP contribution >= 0.6 is 11.6 Å². The van der Waals surface area contributed by atoms with Crippen molar-refractivity contribution in [2.24, 2.45) is 7.05 Å². The lowest BCUT2D eigenvalue weighted by Gasteiger charge is -2.42. The van der Waals surface area contributed by atoms with Crippen molar-refractivity contribution in [3.05, 3.63) is 75.0 Å². The molecule has 2 radical (unpaired) electrons. The molecule has 35 heavy (non-hydrogen) atoms. The van der Waals surface area contributed by atoms with Crippen molar-refractivity contribution in [3.8, 4) is 0 Å². The number of pyridine rings is 1. The highest BCUT2D eigenvalue weighted by molar-refractivity contribution is 7.89. The van der Waals surface area contributed by atoms with Crippen LogP contribution in [0.1, 0.15) is 36.9 Å². The zero-order chi connectivity index (χ0) is 25.5. The Morgan fingerprint density at radius 1 is 1.14 bits per heavy atom. The average Bonchev–Trinajstić information content (AvgIpc) is 2.78. The van der Waals surface area contributed by atoms with Crippen LogP contribution in [0.25, 0.3) is 10.9 Å². The van der Waals surface area contributed by atoms with Crippen molar-refractivity contribution in [2.75, 3.05) is 10.7 Å². The van der Waals surface area contributed by atoms with Crippen LogP contribution < -0.4 is 15.2 Å². The van der Waals surface area contributed by atoms with Gasteiger partial charge in [-0.25, -0.2) is 13.1 Å². The van der Waals surface area contributed by atoms with Gasteiger partial charge in [-0.2, -0.15) is 0 Å². The summed E-state index contributed by atoms with van der Waals surface area (Å²) in [5, 5.41) is 1.46. The zero-order valence-corrected chi connectivity index (χ0v) is 22.6. The smallest absolute Gasteiger partial charge is 0.251 e. The number of piperidine rings is 1. The maximum Gasteiger partial charge on any atom is 0.251 e. The number of hydrogen-bond acceptors (Lipinski definition) is 4. The van der Waals surface area contributed by atoms with E-state index in [0.717, 1.165) is 16.5 Å². The van der Waals surface area contributed by atoms with E-state index in [4.69, 9.17) is 11.6 Å². The van der Waals surface area contributed by atoms with E-state index in [0.29, 0.717) is 22.6 Å². The number of nitrogens with zero attached hydrogens (tertiary/aromatic N) is 2. The maximum atomic E-state index is 13.3. The number of fused-ring (bicyclic) bond motifs is 1. The first-order valence-corrected chi connectivity index (χ1v) is 14.1. The summed E-state index contributed by atoms with van der Waals surface area (Å²) in [5.41, 5.74) is 2.79. The molecule has 3 aromatic rings. The van der Waals surface area contributed by atoms with Crippen LogP contribution in [0.2, 0.25) is 9.80 Å². The standard InChI is InChI=1S/C25H27ClN3O4S.Al/c1-4-13-34(32,33)27-21-11-12-23(30)29(25(21)17-5-7-18(26)8-6-17)19-9-10-20-16(2)14-24(31)28(3)22(20)15-19;/h4-10,14-15,21,25,27H,11-13H2,1-3H3;/t21-,25+;/m0./s1. The minimum atomic E-state index is -3.59. The number of anilines is 1. The third kappa shape index (κ3) is 5.50. The molecule has 0 bridgehead atoms. The summed E-state index contributed by atoms with van der Waals surface area (Å²) in [6.45, 7) is 3.70. The molecule has 2 heterocycles. The molecule has 1 aromatic heterocycles. The molecule has 1 amide bonds. The van der Waals surface area contributed by atoms with Crippen LogP contribution in [-0.4, -0.2) is 47.0 Å². The molecule has 7 nitrogen and oxygen atoms in total. The van der Waals surface area contributed by atoms with Crippen molar-refractivity contribution < 1.29 is 13.2 Å². The van der Waals surface area contributed by atoms with Gasteiger partial charge in [0.05, 0.1) is 17.3 Å². The molecule has 182 valence electrons. The molecular formula is C25H27AlClN3O4S. The largest absolute Gasteiger partial charge is 0.311 e. The second kappa shape index (κ2) is 10.1. The fourth-order valence-corrected chi connectivity index (χ4v) is 7.13. The Morgan fingerprint density at radius 2 is 1.83 bits per heavy atom. The Balaban J connectivity index is 1.86. The van der Waals surface area contributed by atoms with Gasteiger partial charge in [0.25, 0.3) is 5.56 Å². The van der Waals surface area contributed by atoms with Crippen LogP contribution in [-0.2, 0) is 21.9 Å². The summed E-state index contributed by atoms with van der Waals surface area (Å²) < 4.78 is 30.0. The van der Waals surface area contributed by atoms with Crippen LogP contribution in [0, 0.1) is 6.92 Å². The predicted molar refractivity (Wildman–Crippen MR) is 141 cm³/mol. The van der Waals surface area contributed by atoms with Crippen molar-refractivity contribution in [3.63, 3.8) is 0 Å². The number of nitrogens with one attached hydrogen (secondary N) is 1. The number of sulfonamides is 1. The first-order valence-electron chi connectivity index (χ1n) is 11.4. The Bertz CT molecular complexity index is 1440. The molecule has 1 saturated heterocycles. The van der Waals surface area contributed by atoms with Gasteiger partial charge in [0.15, 0.2) is 0 Å². The van der Waals surface area contributed by atoms with Gasteiger partial charge in [0.1, 0.15) is 16.3 Å². The van der Waals surface area contributed by atoms with Crippen molar-refractivity contribution in [1.29, 1.82) is 0 Å². The number of halogens is 1. The summed E-state index contributed by atoms with van der Waals surface area (Å²) >= 11 is 8.62. The first-order chi connectivity index (χ1) is 16.5. The van der Waals surface area contributed by atoms with E-state index in [1.54, 1.807) is 34.7 Å². The van der Waals surface area contributed by atoms with Gasteiger partial charge in [-0.3, -0.25) is 9.59 Å². The summed E-state index contributed by atoms with van der Waals surface area (Å²) in [7, 11) is -1.89. The number of hydrogen-bond donors (Lipinski definition) is 1. The van der Waals surface area contributed by atoms with Gasteiger partial charge in [-0.05, 0) is 48.7 Å². The summed E-state index contributed by atoms with van der Waals surface area (Å²) in [6, 6.07) is 13.2. The Kier molecular flexibility index (Phi) is 7.47. The van der Waals surface area contributed by atoms with Crippen molar-refractivity contribution >= 4 is 60.4 Å². The molecule has 1 aliphatic rings. The molecule has 2 aromatic carbocycles. The molecule has 3 atom stereocenters. The highest BCUT2D eigenvalue weighted by Crippen LogP contribution is 2.38. The van der Waals surface area contributed by atoms with Crippen LogP contribution in [0.3, 0.4) is 0 Å². The minimum absolute atomic E-state index is 0.0349. The lowest BCUT2D eigenvalue weighted by atomic mass is 9.90. The molecule has 0 spiro atoms. The molecule has 0 saturated carbocycles. The normalized spacial score (nSPS) is 19.8. The number of carbonyl (C=O) groups is 1. The van der Waals surface area contributed by atoms with Gasteiger partial charge in [-0.15, -0.1) is 0 Å². The Morgan fingerprint density at radius 3 is 2.49 bits per heavy atom. The quantitative estimate of drug-likeness (QED) is 0.496. The van der Waals surface area contributed by atoms with E-state index in [9.17, 15) is 18.0 Å². The summed E-state index contributed by atoms with van der Waals surface area (Å²) in [4.78, 5) is 27.4. The third-order valence-electron chi connectivity index (χ3n) is 6.34. The number of carbonyl (C=O) groups excluding carboxylic acids is 1.